The Morgan fingerprint density at radius 2 is 1.81 bits per heavy atom. The molecule has 182 valence electrons. The number of aromatic nitrogens is 2. The van der Waals surface area contributed by atoms with Crippen molar-refractivity contribution in [1.82, 2.24) is 9.97 Å². The number of alkyl halides is 3. The van der Waals surface area contributed by atoms with Gasteiger partial charge < -0.3 is 14.8 Å². The number of halogens is 3. The van der Waals surface area contributed by atoms with Crippen molar-refractivity contribution in [1.29, 1.82) is 10.5 Å². The summed E-state index contributed by atoms with van der Waals surface area (Å²) in [4.78, 5) is 33.0. The van der Waals surface area contributed by atoms with Gasteiger partial charge in [-0.15, -0.1) is 0 Å². The average molecular weight is 495 g/mol. The molecule has 0 unspecified atom stereocenters. The number of esters is 1. The first kappa shape index (κ1) is 25.6. The lowest BCUT2D eigenvalue weighted by Gasteiger charge is -2.28. The third kappa shape index (κ3) is 6.12. The zero-order valence-electron chi connectivity index (χ0n) is 18.5. The second kappa shape index (κ2) is 10.5. The van der Waals surface area contributed by atoms with Gasteiger partial charge in [-0.2, -0.15) is 23.7 Å². The molecule has 0 saturated carbocycles. The number of rotatable bonds is 7. The summed E-state index contributed by atoms with van der Waals surface area (Å²) in [6, 6.07) is 12.6. The monoisotopic (exact) mass is 495 g/mol. The number of amides is 1. The van der Waals surface area contributed by atoms with Gasteiger partial charge in [0.05, 0.1) is 34.6 Å². The largest absolute Gasteiger partial charge is 0.489 e. The summed E-state index contributed by atoms with van der Waals surface area (Å²) in [7, 11) is 0. The van der Waals surface area contributed by atoms with Gasteiger partial charge in [-0.1, -0.05) is 0 Å². The predicted molar refractivity (Wildman–Crippen MR) is 117 cm³/mol. The molecule has 12 heteroatoms. The molecular formula is C24H16F3N5O4. The Morgan fingerprint density at radius 3 is 2.39 bits per heavy atom. The summed E-state index contributed by atoms with van der Waals surface area (Å²) in [5.41, 5.74) is -4.24. The number of carbonyl (C=O) groups excluding carboxylic acids is 2. The first-order valence-corrected chi connectivity index (χ1v) is 10.1. The third-order valence-electron chi connectivity index (χ3n) is 4.75. The molecule has 1 N–H and O–H groups in total. The number of benzene rings is 1. The summed E-state index contributed by atoms with van der Waals surface area (Å²) in [6.45, 7) is 0.675. The van der Waals surface area contributed by atoms with Crippen LogP contribution in [0.15, 0.2) is 61.1 Å². The summed E-state index contributed by atoms with van der Waals surface area (Å²) in [5.74, 6) is -1.71. The standard InChI is InChI=1S/C24H16F3N5O4/c1-23(36-21(33)16-3-2-8-30-12-16,14-35-18-6-4-15(10-28)5-7-18)22(34)32-17-9-19(24(25,26)27)20(11-29)31-13-17/h2-9,12-13H,14H2,1H3,(H,32,34)/t23-/m0/s1. The second-order valence-corrected chi connectivity index (χ2v) is 7.47. The number of hydrogen-bond donors (Lipinski definition) is 1. The van der Waals surface area contributed by atoms with Crippen molar-refractivity contribution >= 4 is 17.6 Å². The number of ether oxygens (including phenoxy) is 2. The Balaban J connectivity index is 1.88. The van der Waals surface area contributed by atoms with Crippen molar-refractivity contribution in [2.75, 3.05) is 11.9 Å². The Morgan fingerprint density at radius 1 is 1.08 bits per heavy atom. The van der Waals surface area contributed by atoms with Crippen LogP contribution >= 0.6 is 0 Å². The molecule has 0 radical (unpaired) electrons. The minimum atomic E-state index is -4.90. The number of carbonyl (C=O) groups is 2. The maximum absolute atomic E-state index is 13.3. The molecule has 3 aromatic rings. The Labute approximate surface area is 202 Å². The van der Waals surface area contributed by atoms with E-state index < -0.39 is 41.5 Å². The lowest BCUT2D eigenvalue weighted by Crippen LogP contribution is -2.49. The summed E-state index contributed by atoms with van der Waals surface area (Å²) in [5, 5.41) is 20.0. The van der Waals surface area contributed by atoms with Gasteiger partial charge in [0.2, 0.25) is 5.60 Å². The second-order valence-electron chi connectivity index (χ2n) is 7.47. The van der Waals surface area contributed by atoms with E-state index >= 15 is 0 Å². The van der Waals surface area contributed by atoms with Crippen LogP contribution in [0.1, 0.15) is 34.1 Å². The van der Waals surface area contributed by atoms with Gasteiger partial charge in [-0.3, -0.25) is 9.78 Å². The minimum absolute atomic E-state index is 0.0225. The molecule has 0 saturated heterocycles. The number of nitrogens with one attached hydrogen (secondary N) is 1. The zero-order valence-corrected chi connectivity index (χ0v) is 18.5. The van der Waals surface area contributed by atoms with Crippen LogP contribution in [-0.2, 0) is 15.7 Å². The van der Waals surface area contributed by atoms with E-state index in [-0.39, 0.29) is 17.0 Å². The summed E-state index contributed by atoms with van der Waals surface area (Å²) in [6.07, 6.45) is -1.39. The molecule has 0 bridgehead atoms. The van der Waals surface area contributed by atoms with Crippen molar-refractivity contribution in [3.63, 3.8) is 0 Å². The van der Waals surface area contributed by atoms with Crippen molar-refractivity contribution in [2.45, 2.75) is 18.7 Å². The first-order chi connectivity index (χ1) is 17.1. The average Bonchev–Trinajstić information content (AvgIpc) is 2.87. The van der Waals surface area contributed by atoms with Gasteiger partial charge in [-0.05, 0) is 49.4 Å². The highest BCUT2D eigenvalue weighted by molar-refractivity contribution is 6.00. The highest BCUT2D eigenvalue weighted by atomic mass is 19.4. The molecule has 0 aliphatic heterocycles. The molecule has 0 spiro atoms. The topological polar surface area (TPSA) is 138 Å². The van der Waals surface area contributed by atoms with Crippen LogP contribution in [0.5, 0.6) is 5.75 Å². The summed E-state index contributed by atoms with van der Waals surface area (Å²) >= 11 is 0. The van der Waals surface area contributed by atoms with Crippen LogP contribution in [0.2, 0.25) is 0 Å². The third-order valence-corrected chi connectivity index (χ3v) is 4.75. The van der Waals surface area contributed by atoms with Crippen molar-refractivity contribution in [3.8, 4) is 17.9 Å². The van der Waals surface area contributed by atoms with Gasteiger partial charge in [0, 0.05) is 12.4 Å². The molecule has 9 nitrogen and oxygen atoms in total. The quantitative estimate of drug-likeness (QED) is 0.488. The molecule has 0 aliphatic carbocycles. The van der Waals surface area contributed by atoms with E-state index in [1.807, 2.05) is 6.07 Å². The SMILES string of the molecule is C[C@@](COc1ccc(C#N)cc1)(OC(=O)c1cccnc1)C(=O)Nc1cnc(C#N)c(C(F)(F)F)c1. The molecule has 0 aliphatic rings. The fraction of sp³-hybridized carbons (Fsp3) is 0.167. The van der Waals surface area contributed by atoms with E-state index in [4.69, 9.17) is 20.0 Å². The Kier molecular flexibility index (Phi) is 7.50. The number of nitriles is 2. The molecule has 2 aromatic heterocycles. The van der Waals surface area contributed by atoms with Crippen molar-refractivity contribution < 1.29 is 32.2 Å². The van der Waals surface area contributed by atoms with Crippen LogP contribution in [0.4, 0.5) is 18.9 Å². The molecule has 0 fully saturated rings. The molecule has 1 aromatic carbocycles. The van der Waals surface area contributed by atoms with Crippen LogP contribution in [0.3, 0.4) is 0 Å². The lowest BCUT2D eigenvalue weighted by molar-refractivity contribution is -0.138. The zero-order chi connectivity index (χ0) is 26.3. The molecule has 36 heavy (non-hydrogen) atoms. The predicted octanol–water partition coefficient (Wildman–Crippen LogP) is 3.87. The van der Waals surface area contributed by atoms with E-state index in [1.165, 1.54) is 61.8 Å². The minimum Gasteiger partial charge on any atom is -0.489 e. The van der Waals surface area contributed by atoms with E-state index in [2.05, 4.69) is 15.3 Å². The Hall–Kier alpha value is -4.97. The van der Waals surface area contributed by atoms with E-state index in [1.54, 1.807) is 0 Å². The smallest absolute Gasteiger partial charge is 0.419 e. The fourth-order valence-electron chi connectivity index (χ4n) is 2.84. The van der Waals surface area contributed by atoms with E-state index in [9.17, 15) is 22.8 Å². The van der Waals surface area contributed by atoms with Crippen LogP contribution in [0, 0.1) is 22.7 Å². The number of hydrogen-bond acceptors (Lipinski definition) is 8. The highest BCUT2D eigenvalue weighted by Gasteiger charge is 2.40. The lowest BCUT2D eigenvalue weighted by atomic mass is 10.1. The fourth-order valence-corrected chi connectivity index (χ4v) is 2.84. The molecular weight excluding hydrogens is 479 g/mol. The first-order valence-electron chi connectivity index (χ1n) is 10.1. The van der Waals surface area contributed by atoms with Crippen molar-refractivity contribution in [3.05, 3.63) is 83.4 Å². The Bertz CT molecular complexity index is 1350. The van der Waals surface area contributed by atoms with Gasteiger partial charge in [-0.25, -0.2) is 9.78 Å². The number of nitrogens with zero attached hydrogens (tertiary/aromatic N) is 4. The van der Waals surface area contributed by atoms with E-state index in [0.717, 1.165) is 6.20 Å². The number of pyridine rings is 2. The van der Waals surface area contributed by atoms with E-state index in [0.29, 0.717) is 11.6 Å². The highest BCUT2D eigenvalue weighted by Crippen LogP contribution is 2.33. The molecule has 2 heterocycles. The van der Waals surface area contributed by atoms with Crippen LogP contribution in [0.25, 0.3) is 0 Å². The van der Waals surface area contributed by atoms with Gasteiger partial charge in [0.15, 0.2) is 5.69 Å². The normalized spacial score (nSPS) is 12.4. The van der Waals surface area contributed by atoms with Gasteiger partial charge >= 0.3 is 12.1 Å². The molecule has 3 rings (SSSR count). The molecule has 1 atom stereocenters. The van der Waals surface area contributed by atoms with Gasteiger partial charge in [0.1, 0.15) is 18.4 Å². The summed E-state index contributed by atoms with van der Waals surface area (Å²) < 4.78 is 50.9. The number of anilines is 1. The van der Waals surface area contributed by atoms with Crippen LogP contribution < -0.4 is 10.1 Å². The molecule has 1 amide bonds. The van der Waals surface area contributed by atoms with Crippen molar-refractivity contribution in [2.24, 2.45) is 0 Å². The van der Waals surface area contributed by atoms with Gasteiger partial charge in [0.25, 0.3) is 5.91 Å². The van der Waals surface area contributed by atoms with Crippen LogP contribution in [-0.4, -0.2) is 34.1 Å². The maximum Gasteiger partial charge on any atom is 0.419 e. The maximum atomic E-state index is 13.3.